The zero-order valence-corrected chi connectivity index (χ0v) is 16.1. The highest BCUT2D eigenvalue weighted by molar-refractivity contribution is 6.31. The molecule has 1 amide bonds. The normalized spacial score (nSPS) is 10.5. The van der Waals surface area contributed by atoms with E-state index in [9.17, 15) is 9.59 Å². The molecule has 28 heavy (non-hydrogen) atoms. The summed E-state index contributed by atoms with van der Waals surface area (Å²) in [5.41, 5.74) is 2.18. The smallest absolute Gasteiger partial charge is 0.258 e. The van der Waals surface area contributed by atoms with E-state index >= 15 is 0 Å². The fraction of sp³-hybridized carbons (Fsp3) is 0.190. The van der Waals surface area contributed by atoms with Gasteiger partial charge in [0.1, 0.15) is 5.75 Å². The number of fused-ring (bicyclic) bond motifs is 1. The number of aromatic nitrogens is 1. The minimum Gasteiger partial charge on any atom is -0.483 e. The van der Waals surface area contributed by atoms with Crippen LogP contribution >= 0.6 is 11.6 Å². The number of rotatable bonds is 8. The number of para-hydroxylation sites is 1. The number of anilines is 1. The summed E-state index contributed by atoms with van der Waals surface area (Å²) in [6.45, 7) is 2.27. The number of nitrogens with zero attached hydrogens (tertiary/aromatic N) is 1. The number of nitrogens with one attached hydrogen (secondary N) is 2. The van der Waals surface area contributed by atoms with Gasteiger partial charge in [-0.2, -0.15) is 0 Å². The van der Waals surface area contributed by atoms with Gasteiger partial charge in [0.05, 0.1) is 11.1 Å². The molecule has 0 bridgehead atoms. The first kappa shape index (κ1) is 19.6. The topological polar surface area (TPSA) is 80.3 Å². The molecule has 0 unspecified atom stereocenters. The minimum absolute atomic E-state index is 0.105. The Morgan fingerprint density at radius 1 is 1.11 bits per heavy atom. The van der Waals surface area contributed by atoms with E-state index in [0.29, 0.717) is 29.4 Å². The Hall–Kier alpha value is -3.12. The molecular formula is C21H20ClN3O3. The largest absolute Gasteiger partial charge is 0.483 e. The van der Waals surface area contributed by atoms with E-state index in [4.69, 9.17) is 16.3 Å². The van der Waals surface area contributed by atoms with Crippen LogP contribution in [0.2, 0.25) is 5.02 Å². The van der Waals surface area contributed by atoms with Gasteiger partial charge in [-0.1, -0.05) is 23.7 Å². The van der Waals surface area contributed by atoms with Crippen LogP contribution in [0.5, 0.6) is 5.75 Å². The van der Waals surface area contributed by atoms with Gasteiger partial charge in [0.25, 0.3) is 5.91 Å². The second-order valence-electron chi connectivity index (χ2n) is 6.14. The van der Waals surface area contributed by atoms with E-state index in [0.717, 1.165) is 16.6 Å². The molecule has 6 nitrogen and oxygen atoms in total. The Morgan fingerprint density at radius 2 is 1.93 bits per heavy atom. The van der Waals surface area contributed by atoms with E-state index in [2.05, 4.69) is 15.6 Å². The molecule has 0 aliphatic heterocycles. The number of benzene rings is 2. The van der Waals surface area contributed by atoms with Gasteiger partial charge in [-0.15, -0.1) is 0 Å². The summed E-state index contributed by atoms with van der Waals surface area (Å²) in [5.74, 6) is 0.0442. The molecule has 0 saturated carbocycles. The van der Waals surface area contributed by atoms with Gasteiger partial charge in [0.2, 0.25) is 0 Å². The Bertz CT molecular complexity index is 1010. The van der Waals surface area contributed by atoms with Crippen LogP contribution in [-0.2, 0) is 4.79 Å². The molecule has 0 spiro atoms. The van der Waals surface area contributed by atoms with Crippen molar-refractivity contribution in [2.45, 2.75) is 6.92 Å². The number of hydrogen-bond acceptors (Lipinski definition) is 5. The summed E-state index contributed by atoms with van der Waals surface area (Å²) in [7, 11) is 0. The van der Waals surface area contributed by atoms with Crippen molar-refractivity contribution >= 4 is 39.9 Å². The van der Waals surface area contributed by atoms with Gasteiger partial charge in [0.15, 0.2) is 12.4 Å². The summed E-state index contributed by atoms with van der Waals surface area (Å²) >= 11 is 6.00. The lowest BCUT2D eigenvalue weighted by molar-refractivity contribution is -0.123. The summed E-state index contributed by atoms with van der Waals surface area (Å²) in [5, 5.41) is 7.65. The SMILES string of the molecule is CC(=O)c1ccccc1OCC(=O)NCCNc1ccnc2cc(Cl)ccc12. The van der Waals surface area contributed by atoms with Crippen molar-refractivity contribution in [3.05, 3.63) is 65.3 Å². The van der Waals surface area contributed by atoms with Crippen molar-refractivity contribution < 1.29 is 14.3 Å². The molecule has 144 valence electrons. The predicted molar refractivity (Wildman–Crippen MR) is 110 cm³/mol. The molecule has 1 heterocycles. The Kier molecular flexibility index (Phi) is 6.45. The Balaban J connectivity index is 1.47. The number of carbonyl (C=O) groups is 2. The predicted octanol–water partition coefficient (Wildman–Crippen LogP) is 3.70. The quantitative estimate of drug-likeness (QED) is 0.447. The molecule has 0 atom stereocenters. The maximum Gasteiger partial charge on any atom is 0.258 e. The van der Waals surface area contributed by atoms with Crippen LogP contribution < -0.4 is 15.4 Å². The van der Waals surface area contributed by atoms with Crippen molar-refractivity contribution in [3.63, 3.8) is 0 Å². The molecule has 0 radical (unpaired) electrons. The van der Waals surface area contributed by atoms with Gasteiger partial charge in [-0.05, 0) is 43.3 Å². The van der Waals surface area contributed by atoms with Crippen molar-refractivity contribution in [2.24, 2.45) is 0 Å². The zero-order chi connectivity index (χ0) is 19.9. The van der Waals surface area contributed by atoms with E-state index in [1.165, 1.54) is 6.92 Å². The fourth-order valence-corrected chi connectivity index (χ4v) is 2.92. The Labute approximate surface area is 167 Å². The highest BCUT2D eigenvalue weighted by Gasteiger charge is 2.09. The van der Waals surface area contributed by atoms with E-state index < -0.39 is 0 Å². The van der Waals surface area contributed by atoms with Gasteiger partial charge in [0, 0.05) is 35.4 Å². The first-order chi connectivity index (χ1) is 13.5. The third kappa shape index (κ3) is 4.98. The van der Waals surface area contributed by atoms with E-state index in [1.54, 1.807) is 36.5 Å². The van der Waals surface area contributed by atoms with Crippen LogP contribution in [-0.4, -0.2) is 36.4 Å². The number of carbonyl (C=O) groups excluding carboxylic acids is 2. The molecule has 0 fully saturated rings. The van der Waals surface area contributed by atoms with Gasteiger partial charge in [-0.3, -0.25) is 14.6 Å². The lowest BCUT2D eigenvalue weighted by atomic mass is 10.1. The molecule has 2 aromatic carbocycles. The first-order valence-corrected chi connectivity index (χ1v) is 9.20. The highest BCUT2D eigenvalue weighted by Crippen LogP contribution is 2.24. The van der Waals surface area contributed by atoms with Crippen LogP contribution in [0.15, 0.2) is 54.7 Å². The molecule has 0 saturated heterocycles. The van der Waals surface area contributed by atoms with Crippen LogP contribution in [0, 0.1) is 0 Å². The van der Waals surface area contributed by atoms with Crippen LogP contribution in [0.1, 0.15) is 17.3 Å². The molecule has 3 aromatic rings. The number of hydrogen-bond donors (Lipinski definition) is 2. The molecule has 0 aliphatic rings. The molecule has 1 aromatic heterocycles. The molecule has 3 rings (SSSR count). The van der Waals surface area contributed by atoms with Gasteiger partial charge < -0.3 is 15.4 Å². The summed E-state index contributed by atoms with van der Waals surface area (Å²) in [6, 6.07) is 14.3. The maximum atomic E-state index is 12.0. The van der Waals surface area contributed by atoms with Gasteiger partial charge in [-0.25, -0.2) is 0 Å². The molecule has 2 N–H and O–H groups in total. The van der Waals surface area contributed by atoms with Crippen molar-refractivity contribution in [1.29, 1.82) is 0 Å². The standard InChI is InChI=1S/C21H20ClN3O3/c1-14(26)16-4-2-3-5-20(16)28-13-21(27)25-11-10-24-18-8-9-23-19-12-15(22)6-7-17(18)19/h2-9,12H,10-11,13H2,1H3,(H,23,24)(H,25,27). The number of Topliss-reactive ketones (excluding diaryl/α,β-unsaturated/α-hetero) is 1. The Morgan fingerprint density at radius 3 is 2.75 bits per heavy atom. The third-order valence-electron chi connectivity index (χ3n) is 4.09. The third-order valence-corrected chi connectivity index (χ3v) is 4.33. The molecular weight excluding hydrogens is 378 g/mol. The second kappa shape index (κ2) is 9.19. The summed E-state index contributed by atoms with van der Waals surface area (Å²) in [4.78, 5) is 27.8. The van der Waals surface area contributed by atoms with E-state index in [-0.39, 0.29) is 18.3 Å². The highest BCUT2D eigenvalue weighted by atomic mass is 35.5. The van der Waals surface area contributed by atoms with Crippen LogP contribution in [0.4, 0.5) is 5.69 Å². The summed E-state index contributed by atoms with van der Waals surface area (Å²) < 4.78 is 5.47. The van der Waals surface area contributed by atoms with Crippen LogP contribution in [0.3, 0.4) is 0 Å². The number of pyridine rings is 1. The number of ether oxygens (including phenoxy) is 1. The molecule has 7 heteroatoms. The van der Waals surface area contributed by atoms with E-state index in [1.807, 2.05) is 18.2 Å². The maximum absolute atomic E-state index is 12.0. The summed E-state index contributed by atoms with van der Waals surface area (Å²) in [6.07, 6.45) is 1.71. The lowest BCUT2D eigenvalue weighted by Crippen LogP contribution is -2.32. The second-order valence-corrected chi connectivity index (χ2v) is 6.57. The lowest BCUT2D eigenvalue weighted by Gasteiger charge is -2.12. The minimum atomic E-state index is -0.258. The number of ketones is 1. The number of amides is 1. The number of halogens is 1. The van der Waals surface area contributed by atoms with Crippen molar-refractivity contribution in [3.8, 4) is 5.75 Å². The zero-order valence-electron chi connectivity index (χ0n) is 15.4. The van der Waals surface area contributed by atoms with Crippen molar-refractivity contribution in [1.82, 2.24) is 10.3 Å². The average Bonchev–Trinajstić information content (AvgIpc) is 2.69. The average molecular weight is 398 g/mol. The van der Waals surface area contributed by atoms with Crippen molar-refractivity contribution in [2.75, 3.05) is 25.0 Å². The van der Waals surface area contributed by atoms with Crippen LogP contribution in [0.25, 0.3) is 10.9 Å². The molecule has 0 aliphatic carbocycles. The van der Waals surface area contributed by atoms with Gasteiger partial charge >= 0.3 is 0 Å². The monoisotopic (exact) mass is 397 g/mol. The fourth-order valence-electron chi connectivity index (χ4n) is 2.75. The first-order valence-electron chi connectivity index (χ1n) is 8.82.